The van der Waals surface area contributed by atoms with Gasteiger partial charge in [0.25, 0.3) is 0 Å². The Morgan fingerprint density at radius 3 is 0.889 bits per heavy atom. The Balaban J connectivity index is -0.0000000133. The normalized spacial score (nSPS) is 6.56. The molecule has 0 amide bonds. The fraction of sp³-hybridized carbons (Fsp3) is 0. The molecule has 0 aliphatic heterocycles. The summed E-state index contributed by atoms with van der Waals surface area (Å²) in [5.41, 5.74) is 0. The topological polar surface area (TPSA) is 172 Å². The zero-order chi connectivity index (χ0) is 4.50. The molecule has 0 rings (SSSR count). The second-order valence-electron chi connectivity index (χ2n) is 0.513. The van der Waals surface area contributed by atoms with E-state index < -0.39 is 7.82 Å². The second-order valence-corrected chi connectivity index (χ2v) is 1.54. The summed E-state index contributed by atoms with van der Waals surface area (Å²) < 4.78 is 8.88. The molecule has 9 heteroatoms. The van der Waals surface area contributed by atoms with Crippen molar-refractivity contribution < 1.29 is 35.7 Å². The molecular weight excluding hydrogens is 166 g/mol. The summed E-state index contributed by atoms with van der Waals surface area (Å²) in [6.45, 7) is 0. The van der Waals surface area contributed by atoms with Crippen molar-refractivity contribution in [1.82, 2.24) is 0 Å². The molecule has 57 valence electrons. The SMILES string of the molecule is O.O.O.O=P(O)(O)O.[Na]. The van der Waals surface area contributed by atoms with Crippen molar-refractivity contribution in [3.8, 4) is 0 Å². The van der Waals surface area contributed by atoms with Gasteiger partial charge in [0, 0.05) is 29.6 Å². The molecule has 0 aromatic rings. The average molecular weight is 175 g/mol. The minimum Gasteiger partial charge on any atom is -0.412 e. The fourth-order valence-electron chi connectivity index (χ4n) is 0. The van der Waals surface area contributed by atoms with Crippen molar-refractivity contribution >= 4 is 37.4 Å². The molecule has 0 aliphatic carbocycles. The summed E-state index contributed by atoms with van der Waals surface area (Å²) in [6, 6.07) is 0. The van der Waals surface area contributed by atoms with Gasteiger partial charge in [0.2, 0.25) is 0 Å². The average Bonchev–Trinajstić information content (AvgIpc) is 0.722. The number of rotatable bonds is 0. The minimum atomic E-state index is -4.64. The van der Waals surface area contributed by atoms with Crippen LogP contribution in [0.25, 0.3) is 0 Å². The van der Waals surface area contributed by atoms with Crippen LogP contribution in [0.15, 0.2) is 0 Å². The van der Waals surface area contributed by atoms with Gasteiger partial charge in [-0.15, -0.1) is 0 Å². The molecule has 0 aromatic carbocycles. The number of hydrogen-bond acceptors (Lipinski definition) is 1. The third-order valence-electron chi connectivity index (χ3n) is 0. The summed E-state index contributed by atoms with van der Waals surface area (Å²) >= 11 is 0. The van der Waals surface area contributed by atoms with E-state index in [2.05, 4.69) is 0 Å². The van der Waals surface area contributed by atoms with Gasteiger partial charge < -0.3 is 31.1 Å². The summed E-state index contributed by atoms with van der Waals surface area (Å²) in [7, 11) is -4.64. The van der Waals surface area contributed by atoms with Crippen LogP contribution in [-0.2, 0) is 4.57 Å². The van der Waals surface area contributed by atoms with Crippen LogP contribution in [0.4, 0.5) is 0 Å². The summed E-state index contributed by atoms with van der Waals surface area (Å²) in [5.74, 6) is 0. The molecule has 9 heavy (non-hydrogen) atoms. The van der Waals surface area contributed by atoms with Crippen LogP contribution in [-0.4, -0.2) is 60.7 Å². The minimum absolute atomic E-state index is 0. The van der Waals surface area contributed by atoms with Gasteiger partial charge in [0.1, 0.15) is 0 Å². The van der Waals surface area contributed by atoms with Crippen molar-refractivity contribution in [3.05, 3.63) is 0 Å². The molecule has 0 aliphatic rings. The van der Waals surface area contributed by atoms with Gasteiger partial charge >= 0.3 is 7.82 Å². The predicted molar refractivity (Wildman–Crippen MR) is 30.9 cm³/mol. The molecule has 0 unspecified atom stereocenters. The van der Waals surface area contributed by atoms with Crippen LogP contribution < -0.4 is 0 Å². The number of phosphoric acid groups is 1. The molecule has 0 atom stereocenters. The van der Waals surface area contributed by atoms with Crippen molar-refractivity contribution in [2.75, 3.05) is 0 Å². The monoisotopic (exact) mass is 175 g/mol. The third kappa shape index (κ3) is 448. The van der Waals surface area contributed by atoms with Crippen LogP contribution in [0.3, 0.4) is 0 Å². The van der Waals surface area contributed by atoms with Crippen LogP contribution in [0.5, 0.6) is 0 Å². The van der Waals surface area contributed by atoms with Gasteiger partial charge in [-0.1, -0.05) is 0 Å². The van der Waals surface area contributed by atoms with E-state index in [0.717, 1.165) is 0 Å². The smallest absolute Gasteiger partial charge is 0.412 e. The van der Waals surface area contributed by atoms with Crippen molar-refractivity contribution in [3.63, 3.8) is 0 Å². The molecular formula is H9NaO7P. The molecule has 0 aromatic heterocycles. The van der Waals surface area contributed by atoms with Gasteiger partial charge in [-0.2, -0.15) is 0 Å². The molecule has 9 N–H and O–H groups in total. The van der Waals surface area contributed by atoms with E-state index in [1.165, 1.54) is 0 Å². The quantitative estimate of drug-likeness (QED) is 0.253. The van der Waals surface area contributed by atoms with Gasteiger partial charge in [-0.25, -0.2) is 4.57 Å². The molecule has 7 nitrogen and oxygen atoms in total. The first-order valence-corrected chi connectivity index (χ1v) is 2.35. The van der Waals surface area contributed by atoms with Crippen molar-refractivity contribution in [1.29, 1.82) is 0 Å². The summed E-state index contributed by atoms with van der Waals surface area (Å²) in [6.07, 6.45) is 0. The standard InChI is InChI=1S/Na.H3O4P.3H2O/c;1-5(2,3)4;;;/h;(H3,1,2,3,4);3*1H2. The Bertz CT molecular complexity index is 55.1. The number of hydrogen-bond donors (Lipinski definition) is 3. The Morgan fingerprint density at radius 2 is 0.889 bits per heavy atom. The Morgan fingerprint density at radius 1 is 0.889 bits per heavy atom. The van der Waals surface area contributed by atoms with Crippen LogP contribution >= 0.6 is 7.82 Å². The molecule has 0 bridgehead atoms. The van der Waals surface area contributed by atoms with E-state index in [4.69, 9.17) is 19.2 Å². The maximum absolute atomic E-state index is 8.88. The van der Waals surface area contributed by atoms with Crippen molar-refractivity contribution in [2.45, 2.75) is 0 Å². The molecule has 0 saturated carbocycles. The van der Waals surface area contributed by atoms with Crippen molar-refractivity contribution in [2.24, 2.45) is 0 Å². The molecule has 0 fully saturated rings. The van der Waals surface area contributed by atoms with Crippen LogP contribution in [0, 0.1) is 0 Å². The van der Waals surface area contributed by atoms with E-state index in [0.29, 0.717) is 0 Å². The van der Waals surface area contributed by atoms with Gasteiger partial charge in [0.15, 0.2) is 0 Å². The van der Waals surface area contributed by atoms with Crippen LogP contribution in [0.1, 0.15) is 0 Å². The first-order valence-electron chi connectivity index (χ1n) is 0.783. The van der Waals surface area contributed by atoms with E-state index in [1.54, 1.807) is 0 Å². The summed E-state index contributed by atoms with van der Waals surface area (Å²) in [4.78, 5) is 21.6. The largest absolute Gasteiger partial charge is 0.466 e. The van der Waals surface area contributed by atoms with Gasteiger partial charge in [-0.3, -0.25) is 0 Å². The Hall–Kier alpha value is 0.990. The van der Waals surface area contributed by atoms with E-state index in [9.17, 15) is 0 Å². The maximum atomic E-state index is 8.88. The predicted octanol–water partition coefficient (Wildman–Crippen LogP) is -3.78. The molecule has 0 spiro atoms. The fourth-order valence-corrected chi connectivity index (χ4v) is 0. The molecule has 1 radical (unpaired) electrons. The summed E-state index contributed by atoms with van der Waals surface area (Å²) in [5, 5.41) is 0. The van der Waals surface area contributed by atoms with Crippen LogP contribution in [0.2, 0.25) is 0 Å². The maximum Gasteiger partial charge on any atom is 0.466 e. The van der Waals surface area contributed by atoms with E-state index in [1.807, 2.05) is 0 Å². The van der Waals surface area contributed by atoms with Gasteiger partial charge in [0.05, 0.1) is 0 Å². The first kappa shape index (κ1) is 32.4. The first-order chi connectivity index (χ1) is 2.00. The zero-order valence-electron chi connectivity index (χ0n) is 4.70. The van der Waals surface area contributed by atoms with E-state index in [-0.39, 0.29) is 46.0 Å². The second kappa shape index (κ2) is 11.7. The Labute approximate surface area is 73.2 Å². The third-order valence-corrected chi connectivity index (χ3v) is 0. The molecule has 0 heterocycles. The molecule has 0 saturated heterocycles. The zero-order valence-corrected chi connectivity index (χ0v) is 7.59. The Kier molecular flexibility index (Phi) is 42.3. The van der Waals surface area contributed by atoms with Gasteiger partial charge in [-0.05, 0) is 0 Å². The van der Waals surface area contributed by atoms with E-state index >= 15 is 0 Å².